The lowest BCUT2D eigenvalue weighted by Crippen LogP contribution is -2.63. The predicted molar refractivity (Wildman–Crippen MR) is 80.6 cm³/mol. The van der Waals surface area contributed by atoms with Gasteiger partial charge < -0.3 is 10.2 Å². The minimum Gasteiger partial charge on any atom is -0.342 e. The molecule has 1 aromatic heterocycles. The second-order valence-corrected chi connectivity index (χ2v) is 7.37. The number of thiazole rings is 1. The Kier molecular flexibility index (Phi) is 3.97. The van der Waals surface area contributed by atoms with E-state index in [2.05, 4.69) is 24.1 Å². The Morgan fingerprint density at radius 3 is 2.76 bits per heavy atom. The van der Waals surface area contributed by atoms with Crippen molar-refractivity contribution in [2.24, 2.45) is 11.8 Å². The van der Waals surface area contributed by atoms with E-state index in [9.17, 15) is 9.59 Å². The number of nitrogens with zero attached hydrogens (tertiary/aromatic N) is 2. The molecule has 2 atom stereocenters. The van der Waals surface area contributed by atoms with Gasteiger partial charge >= 0.3 is 0 Å². The molecule has 1 N–H and O–H groups in total. The highest BCUT2D eigenvalue weighted by atomic mass is 32.1. The van der Waals surface area contributed by atoms with Crippen LogP contribution in [-0.4, -0.2) is 33.8 Å². The molecule has 0 bridgehead atoms. The SMILES string of the molecule is CC(C)CC1C(=O)NC(C2CC2)C(=O)N1Cc1cncs1. The van der Waals surface area contributed by atoms with Gasteiger partial charge in [0.05, 0.1) is 12.1 Å². The standard InChI is InChI=1S/C15H21N3O2S/c1-9(2)5-12-14(19)17-13(10-3-4-10)15(20)18(12)7-11-6-16-8-21-11/h6,8-10,12-13H,3-5,7H2,1-2H3,(H,17,19). The lowest BCUT2D eigenvalue weighted by atomic mass is 9.96. The van der Waals surface area contributed by atoms with Gasteiger partial charge in [0, 0.05) is 11.1 Å². The number of nitrogens with one attached hydrogen (secondary N) is 1. The molecule has 3 rings (SSSR count). The molecule has 5 nitrogen and oxygen atoms in total. The molecule has 0 spiro atoms. The number of rotatable bonds is 5. The van der Waals surface area contributed by atoms with Crippen molar-refractivity contribution in [1.29, 1.82) is 0 Å². The van der Waals surface area contributed by atoms with Crippen LogP contribution in [0.2, 0.25) is 0 Å². The fourth-order valence-electron chi connectivity index (χ4n) is 2.89. The van der Waals surface area contributed by atoms with Gasteiger partial charge in [0.1, 0.15) is 12.1 Å². The molecule has 1 aliphatic heterocycles. The van der Waals surface area contributed by atoms with E-state index in [1.165, 1.54) is 11.3 Å². The van der Waals surface area contributed by atoms with Crippen LogP contribution in [0.1, 0.15) is 38.0 Å². The first-order valence-electron chi connectivity index (χ1n) is 7.54. The van der Waals surface area contributed by atoms with Crippen molar-refractivity contribution in [3.63, 3.8) is 0 Å². The summed E-state index contributed by atoms with van der Waals surface area (Å²) in [7, 11) is 0. The average molecular weight is 307 g/mol. The molecule has 2 aliphatic rings. The Balaban J connectivity index is 1.82. The third-order valence-corrected chi connectivity index (χ3v) is 4.89. The van der Waals surface area contributed by atoms with Gasteiger partial charge in [0.2, 0.25) is 11.8 Å². The van der Waals surface area contributed by atoms with Gasteiger partial charge in [-0.3, -0.25) is 14.6 Å². The molecule has 0 aromatic carbocycles. The summed E-state index contributed by atoms with van der Waals surface area (Å²) in [5.74, 6) is 0.793. The van der Waals surface area contributed by atoms with Gasteiger partial charge in [0.15, 0.2) is 0 Å². The van der Waals surface area contributed by atoms with Crippen LogP contribution in [0.3, 0.4) is 0 Å². The van der Waals surface area contributed by atoms with Gasteiger partial charge in [-0.05, 0) is 31.1 Å². The normalized spacial score (nSPS) is 26.3. The molecule has 2 fully saturated rings. The van der Waals surface area contributed by atoms with Crippen LogP contribution >= 0.6 is 11.3 Å². The van der Waals surface area contributed by atoms with Crippen LogP contribution in [0.4, 0.5) is 0 Å². The Morgan fingerprint density at radius 1 is 1.43 bits per heavy atom. The first kappa shape index (κ1) is 14.5. The molecule has 114 valence electrons. The molecule has 2 heterocycles. The van der Waals surface area contributed by atoms with Crippen molar-refractivity contribution >= 4 is 23.2 Å². The number of carbonyl (C=O) groups excluding carboxylic acids is 2. The van der Waals surface area contributed by atoms with E-state index in [0.29, 0.717) is 24.8 Å². The molecule has 1 saturated carbocycles. The largest absolute Gasteiger partial charge is 0.342 e. The Bertz CT molecular complexity index is 525. The fraction of sp³-hybridized carbons (Fsp3) is 0.667. The van der Waals surface area contributed by atoms with Gasteiger partial charge in [-0.2, -0.15) is 0 Å². The molecular weight excluding hydrogens is 286 g/mol. The summed E-state index contributed by atoms with van der Waals surface area (Å²) >= 11 is 1.53. The number of carbonyl (C=O) groups is 2. The molecule has 1 saturated heterocycles. The zero-order valence-corrected chi connectivity index (χ0v) is 13.2. The molecule has 6 heteroatoms. The van der Waals surface area contributed by atoms with Crippen LogP contribution in [0.25, 0.3) is 0 Å². The van der Waals surface area contributed by atoms with Crippen molar-refractivity contribution in [1.82, 2.24) is 15.2 Å². The number of aromatic nitrogens is 1. The third kappa shape index (κ3) is 3.10. The highest BCUT2D eigenvalue weighted by molar-refractivity contribution is 7.09. The van der Waals surface area contributed by atoms with Crippen molar-refractivity contribution in [2.45, 2.75) is 51.7 Å². The highest BCUT2D eigenvalue weighted by Gasteiger charge is 2.46. The van der Waals surface area contributed by atoms with Crippen LogP contribution in [0.5, 0.6) is 0 Å². The summed E-state index contributed by atoms with van der Waals surface area (Å²) in [5, 5.41) is 2.95. The van der Waals surface area contributed by atoms with Crippen molar-refractivity contribution in [3.05, 3.63) is 16.6 Å². The molecule has 0 radical (unpaired) electrons. The van der Waals surface area contributed by atoms with E-state index in [1.807, 2.05) is 0 Å². The van der Waals surface area contributed by atoms with Crippen molar-refractivity contribution in [2.75, 3.05) is 0 Å². The number of piperazine rings is 1. The highest BCUT2D eigenvalue weighted by Crippen LogP contribution is 2.36. The lowest BCUT2D eigenvalue weighted by Gasteiger charge is -2.39. The topological polar surface area (TPSA) is 62.3 Å². The van der Waals surface area contributed by atoms with E-state index in [0.717, 1.165) is 17.7 Å². The zero-order valence-electron chi connectivity index (χ0n) is 12.4. The lowest BCUT2D eigenvalue weighted by molar-refractivity contribution is -0.151. The van der Waals surface area contributed by atoms with Crippen LogP contribution in [-0.2, 0) is 16.1 Å². The summed E-state index contributed by atoms with van der Waals surface area (Å²) < 4.78 is 0. The first-order valence-corrected chi connectivity index (χ1v) is 8.42. The smallest absolute Gasteiger partial charge is 0.246 e. The monoisotopic (exact) mass is 307 g/mol. The second-order valence-electron chi connectivity index (χ2n) is 6.40. The van der Waals surface area contributed by atoms with E-state index < -0.39 is 0 Å². The van der Waals surface area contributed by atoms with Crippen LogP contribution < -0.4 is 5.32 Å². The van der Waals surface area contributed by atoms with E-state index in [-0.39, 0.29) is 23.9 Å². The van der Waals surface area contributed by atoms with E-state index >= 15 is 0 Å². The van der Waals surface area contributed by atoms with Gasteiger partial charge in [-0.15, -0.1) is 11.3 Å². The maximum atomic E-state index is 12.8. The van der Waals surface area contributed by atoms with Crippen molar-refractivity contribution in [3.8, 4) is 0 Å². The van der Waals surface area contributed by atoms with E-state index in [4.69, 9.17) is 0 Å². The van der Waals surface area contributed by atoms with Crippen LogP contribution in [0, 0.1) is 11.8 Å². The second kappa shape index (κ2) is 5.75. The molecule has 1 aromatic rings. The Labute approximate surface area is 128 Å². The number of hydrogen-bond acceptors (Lipinski definition) is 4. The van der Waals surface area contributed by atoms with Gasteiger partial charge in [0.25, 0.3) is 0 Å². The summed E-state index contributed by atoms with van der Waals surface area (Å²) in [6.07, 6.45) is 4.57. The van der Waals surface area contributed by atoms with Gasteiger partial charge in [-0.25, -0.2) is 0 Å². The Hall–Kier alpha value is -1.43. The molecule has 21 heavy (non-hydrogen) atoms. The number of amides is 2. The summed E-state index contributed by atoms with van der Waals surface area (Å²) in [4.78, 5) is 32.1. The van der Waals surface area contributed by atoms with E-state index in [1.54, 1.807) is 16.6 Å². The quantitative estimate of drug-likeness (QED) is 0.902. The maximum absolute atomic E-state index is 12.8. The minimum atomic E-state index is -0.352. The first-order chi connectivity index (χ1) is 10.1. The summed E-state index contributed by atoms with van der Waals surface area (Å²) in [6.45, 7) is 4.66. The number of hydrogen-bond donors (Lipinski definition) is 1. The molecule has 1 aliphatic carbocycles. The maximum Gasteiger partial charge on any atom is 0.246 e. The molecule has 2 amide bonds. The summed E-state index contributed by atoms with van der Waals surface area (Å²) in [5.41, 5.74) is 1.76. The Morgan fingerprint density at radius 2 is 2.19 bits per heavy atom. The van der Waals surface area contributed by atoms with Gasteiger partial charge in [-0.1, -0.05) is 13.8 Å². The average Bonchev–Trinajstić information content (AvgIpc) is 3.14. The molecular formula is C15H21N3O2S. The fourth-order valence-corrected chi connectivity index (χ4v) is 3.48. The third-order valence-electron chi connectivity index (χ3n) is 4.12. The zero-order chi connectivity index (χ0) is 15.0. The minimum absolute atomic E-state index is 0.00437. The summed E-state index contributed by atoms with van der Waals surface area (Å²) in [6, 6.07) is -0.663. The molecule has 2 unspecified atom stereocenters. The van der Waals surface area contributed by atoms with Crippen molar-refractivity contribution < 1.29 is 9.59 Å². The van der Waals surface area contributed by atoms with Crippen LogP contribution in [0.15, 0.2) is 11.7 Å². The predicted octanol–water partition coefficient (Wildman–Crippen LogP) is 1.79.